The molecule has 5 heteroatoms. The van der Waals surface area contributed by atoms with E-state index in [0.29, 0.717) is 12.3 Å². The van der Waals surface area contributed by atoms with Crippen LogP contribution in [0.3, 0.4) is 0 Å². The van der Waals surface area contributed by atoms with Crippen molar-refractivity contribution < 1.29 is 9.18 Å². The minimum Gasteiger partial charge on any atom is -0.341 e. The second kappa shape index (κ2) is 10.8. The average Bonchev–Trinajstić information content (AvgIpc) is 3.48. The van der Waals surface area contributed by atoms with E-state index in [2.05, 4.69) is 72.0 Å². The monoisotopic (exact) mass is 553 g/mol. The van der Waals surface area contributed by atoms with Crippen molar-refractivity contribution in [3.63, 3.8) is 0 Å². The van der Waals surface area contributed by atoms with Crippen molar-refractivity contribution in [3.05, 3.63) is 135 Å². The molecule has 3 unspecified atom stereocenters. The molecule has 1 aromatic heterocycles. The van der Waals surface area contributed by atoms with Gasteiger partial charge in [0.2, 0.25) is 5.91 Å². The molecule has 2 nitrogen and oxygen atoms in total. The Balaban J connectivity index is 1.31. The Morgan fingerprint density at radius 3 is 2.74 bits per heavy atom. The van der Waals surface area contributed by atoms with E-state index in [1.807, 2.05) is 18.2 Å². The highest BCUT2D eigenvalue weighted by Gasteiger charge is 2.45. The number of nitrogens with one attached hydrogen (secondary N) is 1. The van der Waals surface area contributed by atoms with Crippen molar-refractivity contribution in [1.29, 1.82) is 0 Å². The molecule has 1 fully saturated rings. The van der Waals surface area contributed by atoms with Gasteiger partial charge >= 0.3 is 0 Å². The highest BCUT2D eigenvalue weighted by Crippen LogP contribution is 2.45. The van der Waals surface area contributed by atoms with Gasteiger partial charge in [-0.25, -0.2) is 4.39 Å². The van der Waals surface area contributed by atoms with Gasteiger partial charge in [0.15, 0.2) is 0 Å². The molecule has 1 aliphatic heterocycles. The maximum Gasteiger partial charge on any atom is 0.238 e. The molecular formula is C34H32FNOS2. The predicted octanol–water partition coefficient (Wildman–Crippen LogP) is 8.34. The van der Waals surface area contributed by atoms with Crippen LogP contribution in [0.1, 0.15) is 58.6 Å². The molecule has 1 saturated heterocycles. The Hall–Kier alpha value is -3.15. The number of thiophene rings is 1. The molecule has 6 rings (SSSR count). The van der Waals surface area contributed by atoms with Crippen LogP contribution in [-0.4, -0.2) is 11.2 Å². The zero-order valence-electron chi connectivity index (χ0n) is 22.1. The number of piperidine rings is 1. The SMILES string of the molecule is C=C1CC(c2ccsc2)(c2cccc(CC3CCCc4cc(F)ccc43)c2)NC(=O)C1Sc1ccccc1C. The number of hydrogen-bond acceptors (Lipinski definition) is 3. The van der Waals surface area contributed by atoms with Crippen LogP contribution < -0.4 is 5.32 Å². The Labute approximate surface area is 238 Å². The van der Waals surface area contributed by atoms with Crippen LogP contribution in [-0.2, 0) is 23.2 Å². The molecule has 2 aliphatic rings. The quantitative estimate of drug-likeness (QED) is 0.243. The molecule has 3 aromatic carbocycles. The topological polar surface area (TPSA) is 29.1 Å². The van der Waals surface area contributed by atoms with Gasteiger partial charge in [-0.2, -0.15) is 11.3 Å². The maximum absolute atomic E-state index is 13.9. The molecule has 0 radical (unpaired) electrons. The zero-order valence-corrected chi connectivity index (χ0v) is 23.7. The molecular weight excluding hydrogens is 522 g/mol. The minimum atomic E-state index is -0.652. The standard InChI is InChI=1S/C34H32FNOS2/c1-22-7-3-4-12-31(22)39-32-23(2)20-34(36-33(32)37,28-15-16-38-21-28)27-11-5-8-24(18-27)17-25-9-6-10-26-19-29(35)13-14-30(25)26/h3-5,7-8,11-16,18-19,21,25,32H,2,6,9-10,17,20H2,1H3,(H,36,37). The third-order valence-electron chi connectivity index (χ3n) is 8.24. The van der Waals surface area contributed by atoms with Crippen LogP contribution in [0.15, 0.2) is 101 Å². The Morgan fingerprint density at radius 1 is 1.08 bits per heavy atom. The van der Waals surface area contributed by atoms with Crippen LogP contribution in [0.4, 0.5) is 4.39 Å². The van der Waals surface area contributed by atoms with Crippen LogP contribution in [0, 0.1) is 12.7 Å². The van der Waals surface area contributed by atoms with Gasteiger partial charge in [-0.3, -0.25) is 4.79 Å². The molecule has 198 valence electrons. The van der Waals surface area contributed by atoms with Crippen molar-refractivity contribution in [3.8, 4) is 0 Å². The van der Waals surface area contributed by atoms with Crippen molar-refractivity contribution in [2.24, 2.45) is 0 Å². The summed E-state index contributed by atoms with van der Waals surface area (Å²) in [6.07, 6.45) is 4.67. The summed E-state index contributed by atoms with van der Waals surface area (Å²) in [5.41, 5.74) is 7.28. The summed E-state index contributed by atoms with van der Waals surface area (Å²) in [6.45, 7) is 6.52. The smallest absolute Gasteiger partial charge is 0.238 e. The number of halogens is 1. The number of hydrogen-bond donors (Lipinski definition) is 1. The highest BCUT2D eigenvalue weighted by molar-refractivity contribution is 8.00. The maximum atomic E-state index is 13.9. The third kappa shape index (κ3) is 5.10. The number of aryl methyl sites for hydroxylation is 2. The predicted molar refractivity (Wildman–Crippen MR) is 160 cm³/mol. The van der Waals surface area contributed by atoms with Crippen LogP contribution in [0.2, 0.25) is 0 Å². The first kappa shape index (κ1) is 26.1. The lowest BCUT2D eigenvalue weighted by Crippen LogP contribution is -2.54. The van der Waals surface area contributed by atoms with Gasteiger partial charge in [0, 0.05) is 11.3 Å². The van der Waals surface area contributed by atoms with Gasteiger partial charge in [0.1, 0.15) is 11.1 Å². The van der Waals surface area contributed by atoms with Crippen molar-refractivity contribution in [2.45, 2.75) is 60.6 Å². The van der Waals surface area contributed by atoms with Gasteiger partial charge in [-0.15, -0.1) is 11.8 Å². The largest absolute Gasteiger partial charge is 0.341 e. The fourth-order valence-electron chi connectivity index (χ4n) is 6.26. The summed E-state index contributed by atoms with van der Waals surface area (Å²) in [5, 5.41) is 7.34. The van der Waals surface area contributed by atoms with E-state index >= 15 is 0 Å². The summed E-state index contributed by atoms with van der Waals surface area (Å²) >= 11 is 3.23. The lowest BCUT2D eigenvalue weighted by molar-refractivity contribution is -0.122. The fourth-order valence-corrected chi connectivity index (χ4v) is 8.07. The van der Waals surface area contributed by atoms with Gasteiger partial charge < -0.3 is 5.32 Å². The molecule has 3 atom stereocenters. The van der Waals surface area contributed by atoms with Gasteiger partial charge in [-0.1, -0.05) is 60.7 Å². The summed E-state index contributed by atoms with van der Waals surface area (Å²) in [7, 11) is 0. The summed E-state index contributed by atoms with van der Waals surface area (Å²) in [5.74, 6) is 0.216. The van der Waals surface area contributed by atoms with Crippen molar-refractivity contribution >= 4 is 29.0 Å². The second-order valence-corrected chi connectivity index (χ2v) is 12.8. The van der Waals surface area contributed by atoms with Crippen LogP contribution in [0.25, 0.3) is 0 Å². The van der Waals surface area contributed by atoms with E-state index in [1.54, 1.807) is 35.2 Å². The number of benzene rings is 3. The molecule has 2 heterocycles. The highest BCUT2D eigenvalue weighted by atomic mass is 32.2. The number of fused-ring (bicyclic) bond motifs is 1. The Bertz CT molecular complexity index is 1510. The van der Waals surface area contributed by atoms with E-state index in [9.17, 15) is 9.18 Å². The number of amides is 1. The summed E-state index contributed by atoms with van der Waals surface area (Å²) < 4.78 is 13.9. The first-order valence-electron chi connectivity index (χ1n) is 13.6. The van der Waals surface area contributed by atoms with Gasteiger partial charge in [0.25, 0.3) is 0 Å². The lowest BCUT2D eigenvalue weighted by atomic mass is 9.74. The summed E-state index contributed by atoms with van der Waals surface area (Å²) in [6, 6.07) is 24.3. The lowest BCUT2D eigenvalue weighted by Gasteiger charge is -2.42. The number of carbonyl (C=O) groups excluding carboxylic acids is 1. The number of thioether (sulfide) groups is 1. The first-order valence-corrected chi connectivity index (χ1v) is 15.4. The Kier molecular flexibility index (Phi) is 7.22. The molecule has 0 saturated carbocycles. The van der Waals surface area contributed by atoms with Crippen LogP contribution >= 0.6 is 23.1 Å². The minimum absolute atomic E-state index is 0.000611. The molecule has 39 heavy (non-hydrogen) atoms. The van der Waals surface area contributed by atoms with Crippen molar-refractivity contribution in [2.75, 3.05) is 0 Å². The van der Waals surface area contributed by atoms with E-state index < -0.39 is 5.54 Å². The normalized spacial score (nSPS) is 22.8. The van der Waals surface area contributed by atoms with E-state index in [0.717, 1.165) is 58.4 Å². The van der Waals surface area contributed by atoms with E-state index in [-0.39, 0.29) is 17.0 Å². The summed E-state index contributed by atoms with van der Waals surface area (Å²) in [4.78, 5) is 14.9. The fraction of sp³-hybridized carbons (Fsp3) is 0.265. The molecule has 1 N–H and O–H groups in total. The molecule has 4 aromatic rings. The van der Waals surface area contributed by atoms with E-state index in [1.165, 1.54) is 11.1 Å². The average molecular weight is 554 g/mol. The van der Waals surface area contributed by atoms with Gasteiger partial charge in [-0.05, 0) is 107 Å². The molecule has 1 aliphatic carbocycles. The molecule has 1 amide bonds. The number of carbonyl (C=O) groups is 1. The van der Waals surface area contributed by atoms with E-state index in [4.69, 9.17) is 0 Å². The molecule has 0 bridgehead atoms. The third-order valence-corrected chi connectivity index (χ3v) is 10.4. The van der Waals surface area contributed by atoms with Crippen LogP contribution in [0.5, 0.6) is 0 Å². The second-order valence-electron chi connectivity index (χ2n) is 10.8. The van der Waals surface area contributed by atoms with Crippen molar-refractivity contribution in [1.82, 2.24) is 5.32 Å². The van der Waals surface area contributed by atoms with Gasteiger partial charge in [0.05, 0.1) is 5.54 Å². The first-order chi connectivity index (χ1) is 18.9. The number of rotatable bonds is 6. The Morgan fingerprint density at radius 2 is 1.95 bits per heavy atom. The molecule has 0 spiro atoms. The zero-order chi connectivity index (χ0) is 27.0.